The topological polar surface area (TPSA) is 49.3 Å². The van der Waals surface area contributed by atoms with Crippen LogP contribution >= 0.6 is 0 Å². The second-order valence-electron chi connectivity index (χ2n) is 8.29. The number of hydrogen-bond acceptors (Lipinski definition) is 4. The zero-order valence-electron chi connectivity index (χ0n) is 19.3. The predicted molar refractivity (Wildman–Crippen MR) is 127 cm³/mol. The molecule has 1 N–H and O–H groups in total. The second-order valence-corrected chi connectivity index (χ2v) is 8.29. The number of rotatable bonds is 9. The number of guanidine groups is 1. The highest BCUT2D eigenvalue weighted by atomic mass is 16.5. The van der Waals surface area contributed by atoms with Crippen LogP contribution in [0.1, 0.15) is 23.6 Å². The standard InChI is InChI=1S/C25H36N4O2/c1-26-25(27-16-24(28(2)3)22-11-8-12-23(15-22)30-4)29-14-13-21(17-29)19-31-18-20-9-6-5-7-10-20/h5-12,15,21,24H,13-14,16-19H2,1-4H3,(H,26,27). The van der Waals surface area contributed by atoms with E-state index in [4.69, 9.17) is 9.47 Å². The fraction of sp³-hybridized carbons (Fsp3) is 0.480. The van der Waals surface area contributed by atoms with E-state index in [1.165, 1.54) is 11.1 Å². The van der Waals surface area contributed by atoms with Gasteiger partial charge in [0.05, 0.1) is 26.4 Å². The lowest BCUT2D eigenvalue weighted by atomic mass is 10.1. The summed E-state index contributed by atoms with van der Waals surface area (Å²) < 4.78 is 11.4. The molecule has 1 aliphatic heterocycles. The number of ether oxygens (including phenoxy) is 2. The molecule has 0 saturated carbocycles. The molecule has 2 atom stereocenters. The minimum atomic E-state index is 0.222. The Balaban J connectivity index is 1.50. The molecule has 6 nitrogen and oxygen atoms in total. The number of nitrogens with one attached hydrogen (secondary N) is 1. The van der Waals surface area contributed by atoms with Crippen molar-refractivity contribution in [2.45, 2.75) is 19.1 Å². The van der Waals surface area contributed by atoms with Gasteiger partial charge in [-0.05, 0) is 43.8 Å². The smallest absolute Gasteiger partial charge is 0.193 e. The van der Waals surface area contributed by atoms with Crippen LogP contribution in [0.2, 0.25) is 0 Å². The van der Waals surface area contributed by atoms with E-state index >= 15 is 0 Å². The van der Waals surface area contributed by atoms with E-state index in [1.54, 1.807) is 7.11 Å². The zero-order valence-corrected chi connectivity index (χ0v) is 19.3. The summed E-state index contributed by atoms with van der Waals surface area (Å²) in [5.41, 5.74) is 2.45. The normalized spacial score (nSPS) is 17.8. The van der Waals surface area contributed by atoms with Crippen LogP contribution in [0.15, 0.2) is 59.6 Å². The first-order valence-corrected chi connectivity index (χ1v) is 11.0. The Labute approximate surface area is 186 Å². The molecular weight excluding hydrogens is 388 g/mol. The van der Waals surface area contributed by atoms with Gasteiger partial charge in [0.15, 0.2) is 5.96 Å². The van der Waals surface area contributed by atoms with Crippen LogP contribution in [-0.4, -0.2) is 70.3 Å². The summed E-state index contributed by atoms with van der Waals surface area (Å²) in [5.74, 6) is 2.37. The van der Waals surface area contributed by atoms with Crippen molar-refractivity contribution in [2.75, 3.05) is 54.5 Å². The van der Waals surface area contributed by atoms with E-state index in [9.17, 15) is 0 Å². The van der Waals surface area contributed by atoms with Crippen molar-refractivity contribution in [3.05, 3.63) is 65.7 Å². The molecule has 3 rings (SSSR count). The Morgan fingerprint density at radius 3 is 2.71 bits per heavy atom. The molecule has 0 radical (unpaired) electrons. The molecule has 0 amide bonds. The summed E-state index contributed by atoms with van der Waals surface area (Å²) in [6.07, 6.45) is 1.13. The zero-order chi connectivity index (χ0) is 22.1. The Kier molecular flexibility index (Phi) is 8.74. The maximum atomic E-state index is 5.97. The molecule has 1 fully saturated rings. The van der Waals surface area contributed by atoms with Gasteiger partial charge in [0.2, 0.25) is 0 Å². The van der Waals surface area contributed by atoms with Crippen LogP contribution in [-0.2, 0) is 11.3 Å². The average Bonchev–Trinajstić information content (AvgIpc) is 3.26. The third kappa shape index (κ3) is 6.71. The number of likely N-dealkylation sites (tertiary alicyclic amines) is 1. The maximum absolute atomic E-state index is 5.97. The molecule has 6 heteroatoms. The van der Waals surface area contributed by atoms with E-state index in [-0.39, 0.29) is 6.04 Å². The van der Waals surface area contributed by atoms with Crippen LogP contribution in [0.25, 0.3) is 0 Å². The first kappa shape index (κ1) is 23.1. The molecule has 2 aromatic carbocycles. The summed E-state index contributed by atoms with van der Waals surface area (Å²) in [6.45, 7) is 4.21. The van der Waals surface area contributed by atoms with E-state index < -0.39 is 0 Å². The number of aliphatic imine (C=N–C) groups is 1. The van der Waals surface area contributed by atoms with Crippen molar-refractivity contribution in [1.29, 1.82) is 0 Å². The van der Waals surface area contributed by atoms with Crippen LogP contribution in [0.4, 0.5) is 0 Å². The monoisotopic (exact) mass is 424 g/mol. The highest BCUT2D eigenvalue weighted by Crippen LogP contribution is 2.23. The number of benzene rings is 2. The van der Waals surface area contributed by atoms with Crippen molar-refractivity contribution in [1.82, 2.24) is 15.1 Å². The first-order valence-electron chi connectivity index (χ1n) is 11.0. The van der Waals surface area contributed by atoms with Crippen molar-refractivity contribution in [2.24, 2.45) is 10.9 Å². The maximum Gasteiger partial charge on any atom is 0.193 e. The Bertz CT molecular complexity index is 825. The minimum Gasteiger partial charge on any atom is -0.497 e. The average molecular weight is 425 g/mol. The van der Waals surface area contributed by atoms with Crippen LogP contribution < -0.4 is 10.1 Å². The minimum absolute atomic E-state index is 0.222. The fourth-order valence-electron chi connectivity index (χ4n) is 4.05. The quantitative estimate of drug-likeness (QED) is 0.494. The van der Waals surface area contributed by atoms with Gasteiger partial charge >= 0.3 is 0 Å². The summed E-state index contributed by atoms with van der Waals surface area (Å²) in [5, 5.41) is 3.58. The van der Waals surface area contributed by atoms with Gasteiger partial charge < -0.3 is 24.6 Å². The SMILES string of the molecule is CN=C(NCC(c1cccc(OC)c1)N(C)C)N1CCC(COCc2ccccc2)C1. The van der Waals surface area contributed by atoms with Crippen LogP contribution in [0, 0.1) is 5.92 Å². The number of nitrogens with zero attached hydrogens (tertiary/aromatic N) is 3. The summed E-state index contributed by atoms with van der Waals surface area (Å²) >= 11 is 0. The second kappa shape index (κ2) is 11.7. The van der Waals surface area contributed by atoms with E-state index in [0.29, 0.717) is 12.5 Å². The molecular formula is C25H36N4O2. The third-order valence-corrected chi connectivity index (χ3v) is 5.82. The van der Waals surface area contributed by atoms with Gasteiger partial charge in [-0.2, -0.15) is 0 Å². The van der Waals surface area contributed by atoms with E-state index in [2.05, 4.69) is 70.6 Å². The predicted octanol–water partition coefficient (Wildman–Crippen LogP) is 3.41. The van der Waals surface area contributed by atoms with Gasteiger partial charge in [-0.15, -0.1) is 0 Å². The largest absolute Gasteiger partial charge is 0.497 e. The number of methoxy groups -OCH3 is 1. The summed E-state index contributed by atoms with van der Waals surface area (Å²) in [7, 11) is 7.77. The fourth-order valence-corrected chi connectivity index (χ4v) is 4.05. The Morgan fingerprint density at radius 1 is 1.19 bits per heavy atom. The van der Waals surface area contributed by atoms with E-state index in [1.807, 2.05) is 25.2 Å². The molecule has 0 bridgehead atoms. The molecule has 168 valence electrons. The van der Waals surface area contributed by atoms with Crippen LogP contribution in [0.5, 0.6) is 5.75 Å². The third-order valence-electron chi connectivity index (χ3n) is 5.82. The lowest BCUT2D eigenvalue weighted by Crippen LogP contribution is -2.43. The molecule has 1 heterocycles. The molecule has 1 saturated heterocycles. The van der Waals surface area contributed by atoms with Crippen molar-refractivity contribution in [3.63, 3.8) is 0 Å². The van der Waals surface area contributed by atoms with Gasteiger partial charge in [-0.25, -0.2) is 0 Å². The first-order chi connectivity index (χ1) is 15.1. The highest BCUT2D eigenvalue weighted by Gasteiger charge is 2.26. The van der Waals surface area contributed by atoms with Gasteiger partial charge in [0, 0.05) is 32.6 Å². The lowest BCUT2D eigenvalue weighted by Gasteiger charge is -2.28. The molecule has 31 heavy (non-hydrogen) atoms. The van der Waals surface area contributed by atoms with Gasteiger partial charge in [-0.3, -0.25) is 4.99 Å². The van der Waals surface area contributed by atoms with Gasteiger partial charge in [0.1, 0.15) is 5.75 Å². The highest BCUT2D eigenvalue weighted by molar-refractivity contribution is 5.80. The van der Waals surface area contributed by atoms with Gasteiger partial charge in [-0.1, -0.05) is 42.5 Å². The van der Waals surface area contributed by atoms with Crippen molar-refractivity contribution < 1.29 is 9.47 Å². The van der Waals surface area contributed by atoms with Crippen molar-refractivity contribution >= 4 is 5.96 Å². The summed E-state index contributed by atoms with van der Waals surface area (Å²) in [6, 6.07) is 18.8. The molecule has 0 spiro atoms. The molecule has 0 aliphatic carbocycles. The van der Waals surface area contributed by atoms with Crippen LogP contribution in [0.3, 0.4) is 0 Å². The number of hydrogen-bond donors (Lipinski definition) is 1. The Morgan fingerprint density at radius 2 is 2.00 bits per heavy atom. The van der Waals surface area contributed by atoms with Gasteiger partial charge in [0.25, 0.3) is 0 Å². The lowest BCUT2D eigenvalue weighted by molar-refractivity contribution is 0.0906. The summed E-state index contributed by atoms with van der Waals surface area (Å²) in [4.78, 5) is 9.10. The molecule has 2 unspecified atom stereocenters. The van der Waals surface area contributed by atoms with Crippen molar-refractivity contribution in [3.8, 4) is 5.75 Å². The molecule has 2 aromatic rings. The molecule has 1 aliphatic rings. The van der Waals surface area contributed by atoms with E-state index in [0.717, 1.165) is 44.4 Å². The number of likely N-dealkylation sites (N-methyl/N-ethyl adjacent to an activating group) is 1. The molecule has 0 aromatic heterocycles. The Hall–Kier alpha value is -2.57.